The first-order chi connectivity index (χ1) is 6.45. The number of aromatic nitrogens is 2. The second-order valence-electron chi connectivity index (χ2n) is 2.97. The van der Waals surface area contributed by atoms with Crippen molar-refractivity contribution >= 4 is 0 Å². The van der Waals surface area contributed by atoms with Gasteiger partial charge in [0, 0.05) is 25.2 Å². The van der Waals surface area contributed by atoms with Crippen LogP contribution in [0.2, 0.25) is 0 Å². The first kappa shape index (κ1) is 8.44. The van der Waals surface area contributed by atoms with Gasteiger partial charge in [0.2, 0.25) is 5.88 Å². The molecule has 1 aromatic rings. The molecule has 70 valence electrons. The molecule has 0 unspecified atom stereocenters. The Kier molecular flexibility index (Phi) is 2.72. The minimum Gasteiger partial charge on any atom is -0.473 e. The molecule has 1 saturated heterocycles. The Morgan fingerprint density at radius 3 is 2.85 bits per heavy atom. The molecule has 0 aromatic carbocycles. The van der Waals surface area contributed by atoms with Crippen LogP contribution in [0.25, 0.3) is 0 Å². The van der Waals surface area contributed by atoms with Crippen molar-refractivity contribution in [2.45, 2.75) is 18.9 Å². The molecule has 0 saturated carbocycles. The predicted octanol–water partition coefficient (Wildman–Crippen LogP) is 1.03. The Bertz CT molecular complexity index is 247. The summed E-state index contributed by atoms with van der Waals surface area (Å²) in [6.07, 6.45) is 7.03. The van der Waals surface area contributed by atoms with Crippen molar-refractivity contribution < 1.29 is 9.47 Å². The third-order valence-electron chi connectivity index (χ3n) is 2.00. The number of hydrogen-bond acceptors (Lipinski definition) is 4. The van der Waals surface area contributed by atoms with Crippen LogP contribution in [0.5, 0.6) is 5.88 Å². The van der Waals surface area contributed by atoms with E-state index in [0.29, 0.717) is 5.88 Å². The van der Waals surface area contributed by atoms with Gasteiger partial charge in [-0.05, 0) is 0 Å². The van der Waals surface area contributed by atoms with Crippen molar-refractivity contribution in [2.24, 2.45) is 0 Å². The lowest BCUT2D eigenvalue weighted by Crippen LogP contribution is -2.26. The van der Waals surface area contributed by atoms with Gasteiger partial charge < -0.3 is 9.47 Å². The molecular formula is C9H12N2O2. The molecule has 1 aromatic heterocycles. The minimum absolute atomic E-state index is 0.241. The molecule has 2 heterocycles. The molecule has 4 nitrogen and oxygen atoms in total. The zero-order valence-electron chi connectivity index (χ0n) is 7.35. The molecule has 1 aliphatic rings. The van der Waals surface area contributed by atoms with E-state index in [2.05, 4.69) is 9.97 Å². The van der Waals surface area contributed by atoms with Crippen LogP contribution < -0.4 is 4.74 Å². The summed E-state index contributed by atoms with van der Waals surface area (Å²) < 4.78 is 10.8. The number of ether oxygens (including phenoxy) is 2. The van der Waals surface area contributed by atoms with Crippen molar-refractivity contribution in [3.63, 3.8) is 0 Å². The smallest absolute Gasteiger partial charge is 0.232 e. The first-order valence-electron chi connectivity index (χ1n) is 4.45. The highest BCUT2D eigenvalue weighted by atomic mass is 16.5. The maximum atomic E-state index is 5.60. The highest BCUT2D eigenvalue weighted by molar-refractivity contribution is 5.02. The molecule has 1 fully saturated rings. The molecule has 13 heavy (non-hydrogen) atoms. The van der Waals surface area contributed by atoms with Crippen molar-refractivity contribution in [3.05, 3.63) is 18.6 Å². The molecule has 0 atom stereocenters. The highest BCUT2D eigenvalue weighted by Crippen LogP contribution is 2.13. The van der Waals surface area contributed by atoms with E-state index >= 15 is 0 Å². The normalized spacial score (nSPS) is 18.5. The average molecular weight is 180 g/mol. The molecule has 0 bridgehead atoms. The Morgan fingerprint density at radius 2 is 2.15 bits per heavy atom. The summed E-state index contributed by atoms with van der Waals surface area (Å²) in [6, 6.07) is 0. The van der Waals surface area contributed by atoms with Crippen LogP contribution in [0.4, 0.5) is 0 Å². The van der Waals surface area contributed by atoms with E-state index in [0.717, 1.165) is 26.1 Å². The van der Waals surface area contributed by atoms with Gasteiger partial charge in [0.15, 0.2) is 0 Å². The van der Waals surface area contributed by atoms with E-state index in [1.165, 1.54) is 0 Å². The Hall–Kier alpha value is -1.16. The van der Waals surface area contributed by atoms with E-state index in [-0.39, 0.29) is 6.10 Å². The van der Waals surface area contributed by atoms with Crippen LogP contribution in [-0.4, -0.2) is 29.3 Å². The zero-order chi connectivity index (χ0) is 8.93. The molecular weight excluding hydrogens is 168 g/mol. The molecule has 0 spiro atoms. The fourth-order valence-electron chi connectivity index (χ4n) is 1.31. The van der Waals surface area contributed by atoms with Gasteiger partial charge in [-0.3, -0.25) is 4.98 Å². The van der Waals surface area contributed by atoms with Gasteiger partial charge >= 0.3 is 0 Å². The second kappa shape index (κ2) is 4.18. The van der Waals surface area contributed by atoms with Crippen molar-refractivity contribution in [2.75, 3.05) is 13.2 Å². The molecule has 2 rings (SSSR count). The molecule has 0 N–H and O–H groups in total. The number of rotatable bonds is 2. The van der Waals surface area contributed by atoms with Crippen LogP contribution >= 0.6 is 0 Å². The van der Waals surface area contributed by atoms with Gasteiger partial charge in [0.25, 0.3) is 0 Å². The van der Waals surface area contributed by atoms with Gasteiger partial charge in [-0.25, -0.2) is 4.98 Å². The van der Waals surface area contributed by atoms with Crippen LogP contribution in [0.15, 0.2) is 18.6 Å². The third-order valence-corrected chi connectivity index (χ3v) is 2.00. The zero-order valence-corrected chi connectivity index (χ0v) is 7.35. The number of hydrogen-bond donors (Lipinski definition) is 0. The highest BCUT2D eigenvalue weighted by Gasteiger charge is 2.15. The van der Waals surface area contributed by atoms with E-state index < -0.39 is 0 Å². The van der Waals surface area contributed by atoms with E-state index in [1.807, 2.05) is 0 Å². The van der Waals surface area contributed by atoms with Crippen molar-refractivity contribution in [1.82, 2.24) is 9.97 Å². The van der Waals surface area contributed by atoms with Gasteiger partial charge in [0.05, 0.1) is 19.4 Å². The fraction of sp³-hybridized carbons (Fsp3) is 0.556. The SMILES string of the molecule is c1cnc(OC2CCOCC2)cn1. The maximum Gasteiger partial charge on any atom is 0.232 e. The van der Waals surface area contributed by atoms with Gasteiger partial charge in [-0.15, -0.1) is 0 Å². The summed E-state index contributed by atoms with van der Waals surface area (Å²) in [6.45, 7) is 1.57. The van der Waals surface area contributed by atoms with E-state index in [4.69, 9.17) is 9.47 Å². The summed E-state index contributed by atoms with van der Waals surface area (Å²) in [4.78, 5) is 7.98. The molecule has 0 radical (unpaired) electrons. The standard InChI is InChI=1S/C9H12N2O2/c1-5-12-6-2-8(1)13-9-7-10-3-4-11-9/h3-4,7-8H,1-2,5-6H2. The quantitative estimate of drug-likeness (QED) is 0.682. The molecule has 0 aliphatic carbocycles. The van der Waals surface area contributed by atoms with Crippen LogP contribution in [-0.2, 0) is 4.74 Å². The van der Waals surface area contributed by atoms with Gasteiger partial charge in [-0.2, -0.15) is 0 Å². The van der Waals surface area contributed by atoms with Gasteiger partial charge in [0.1, 0.15) is 6.10 Å². The topological polar surface area (TPSA) is 44.2 Å². The summed E-state index contributed by atoms with van der Waals surface area (Å²) >= 11 is 0. The Morgan fingerprint density at radius 1 is 1.31 bits per heavy atom. The lowest BCUT2D eigenvalue weighted by atomic mass is 10.2. The maximum absolute atomic E-state index is 5.60. The molecule has 4 heteroatoms. The average Bonchev–Trinajstić information content (AvgIpc) is 2.21. The Labute approximate surface area is 76.9 Å². The second-order valence-corrected chi connectivity index (χ2v) is 2.97. The van der Waals surface area contributed by atoms with Crippen LogP contribution in [0.3, 0.4) is 0 Å². The van der Waals surface area contributed by atoms with Crippen molar-refractivity contribution in [1.29, 1.82) is 0 Å². The summed E-state index contributed by atoms with van der Waals surface area (Å²) in [7, 11) is 0. The largest absolute Gasteiger partial charge is 0.473 e. The lowest BCUT2D eigenvalue weighted by Gasteiger charge is -2.22. The summed E-state index contributed by atoms with van der Waals surface area (Å²) in [5.41, 5.74) is 0. The predicted molar refractivity (Wildman–Crippen MR) is 46.5 cm³/mol. The van der Waals surface area contributed by atoms with Crippen molar-refractivity contribution in [3.8, 4) is 5.88 Å². The van der Waals surface area contributed by atoms with Gasteiger partial charge in [-0.1, -0.05) is 0 Å². The Balaban J connectivity index is 1.90. The lowest BCUT2D eigenvalue weighted by molar-refractivity contribution is 0.0236. The molecule has 1 aliphatic heterocycles. The third kappa shape index (κ3) is 2.39. The molecule has 0 amide bonds. The fourth-order valence-corrected chi connectivity index (χ4v) is 1.31. The number of nitrogens with zero attached hydrogens (tertiary/aromatic N) is 2. The monoisotopic (exact) mass is 180 g/mol. The van der Waals surface area contributed by atoms with Crippen LogP contribution in [0, 0.1) is 0 Å². The van der Waals surface area contributed by atoms with E-state index in [1.54, 1.807) is 18.6 Å². The summed E-state index contributed by atoms with van der Waals surface area (Å²) in [5.74, 6) is 0.606. The minimum atomic E-state index is 0.241. The first-order valence-corrected chi connectivity index (χ1v) is 4.45. The summed E-state index contributed by atoms with van der Waals surface area (Å²) in [5, 5.41) is 0. The van der Waals surface area contributed by atoms with Crippen LogP contribution in [0.1, 0.15) is 12.8 Å². The van der Waals surface area contributed by atoms with E-state index in [9.17, 15) is 0 Å².